The summed E-state index contributed by atoms with van der Waals surface area (Å²) in [5, 5.41) is 9.52. The molecule has 0 bridgehead atoms. The Labute approximate surface area is 65.5 Å². The first-order valence-corrected chi connectivity index (χ1v) is 4.71. The van der Waals surface area contributed by atoms with Gasteiger partial charge in [-0.2, -0.15) is 0 Å². The van der Waals surface area contributed by atoms with Crippen molar-refractivity contribution in [1.29, 1.82) is 0 Å². The summed E-state index contributed by atoms with van der Waals surface area (Å²) >= 11 is 1.89. The molecule has 2 rings (SSSR count). The predicted molar refractivity (Wildman–Crippen MR) is 44.7 cm³/mol. The fourth-order valence-electron chi connectivity index (χ4n) is 1.48. The quantitative estimate of drug-likeness (QED) is 0.589. The Hall–Kier alpha value is -0.150. The van der Waals surface area contributed by atoms with Crippen molar-refractivity contribution in [3.05, 3.63) is 11.6 Å². The van der Waals surface area contributed by atoms with Crippen molar-refractivity contribution in [2.24, 2.45) is 0 Å². The molecule has 56 valence electrons. The molecule has 2 unspecified atom stereocenters. The molecule has 2 aliphatic rings. The zero-order valence-corrected chi connectivity index (χ0v) is 6.66. The lowest BCUT2D eigenvalue weighted by Crippen LogP contribution is -2.38. The Morgan fingerprint density at radius 1 is 1.50 bits per heavy atom. The molecule has 1 saturated heterocycles. The van der Waals surface area contributed by atoms with Crippen molar-refractivity contribution in [3.63, 3.8) is 0 Å². The highest BCUT2D eigenvalue weighted by atomic mass is 32.2. The van der Waals surface area contributed by atoms with E-state index in [9.17, 15) is 0 Å². The summed E-state index contributed by atoms with van der Waals surface area (Å²) in [6.07, 6.45) is 4.70. The largest absolute Gasteiger partial charge is 0.377 e. The lowest BCUT2D eigenvalue weighted by molar-refractivity contribution is 0.551. The zero-order chi connectivity index (χ0) is 6.81. The maximum atomic E-state index is 3.48. The van der Waals surface area contributed by atoms with Crippen LogP contribution in [-0.2, 0) is 0 Å². The average molecular weight is 156 g/mol. The number of hydrogen-bond acceptors (Lipinski definition) is 3. The van der Waals surface area contributed by atoms with Gasteiger partial charge in [0.1, 0.15) is 0 Å². The van der Waals surface area contributed by atoms with Crippen LogP contribution in [0.1, 0.15) is 12.8 Å². The first-order valence-electron chi connectivity index (χ1n) is 3.77. The van der Waals surface area contributed by atoms with Crippen LogP contribution in [0.25, 0.3) is 0 Å². The fourth-order valence-corrected chi connectivity index (χ4v) is 2.38. The Morgan fingerprint density at radius 2 is 2.50 bits per heavy atom. The molecule has 2 nitrogen and oxygen atoms in total. The van der Waals surface area contributed by atoms with E-state index in [0.29, 0.717) is 11.4 Å². The molecule has 0 amide bonds. The number of hydrogen-bond donors (Lipinski definition) is 2. The van der Waals surface area contributed by atoms with E-state index in [1.54, 1.807) is 0 Å². The molecule has 0 aliphatic carbocycles. The smallest absolute Gasteiger partial charge is 0.0913 e. The zero-order valence-electron chi connectivity index (χ0n) is 5.84. The lowest BCUT2D eigenvalue weighted by atomic mass is 10.2. The third-order valence-corrected chi connectivity index (χ3v) is 3.07. The molecular weight excluding hydrogens is 144 g/mol. The number of rotatable bonds is 1. The summed E-state index contributed by atoms with van der Waals surface area (Å²) in [7, 11) is 0. The van der Waals surface area contributed by atoms with Gasteiger partial charge in [0.15, 0.2) is 0 Å². The maximum Gasteiger partial charge on any atom is 0.0913 e. The Morgan fingerprint density at radius 3 is 3.10 bits per heavy atom. The summed E-state index contributed by atoms with van der Waals surface area (Å²) in [4.78, 5) is 0. The standard InChI is InChI=1S/C7H12N2S/c1-2-6(8-3-1)7-9-4-5-10-7/h4-9H,1-3H2. The van der Waals surface area contributed by atoms with Crippen LogP contribution in [0, 0.1) is 0 Å². The maximum absolute atomic E-state index is 3.48. The van der Waals surface area contributed by atoms with Crippen LogP contribution in [0.15, 0.2) is 11.6 Å². The molecule has 0 aromatic rings. The lowest BCUT2D eigenvalue weighted by Gasteiger charge is -2.17. The fraction of sp³-hybridized carbons (Fsp3) is 0.714. The Bertz CT molecular complexity index is 133. The van der Waals surface area contributed by atoms with Gasteiger partial charge in [-0.15, -0.1) is 11.8 Å². The minimum absolute atomic E-state index is 0.600. The Balaban J connectivity index is 1.87. The van der Waals surface area contributed by atoms with E-state index in [1.165, 1.54) is 19.4 Å². The van der Waals surface area contributed by atoms with Gasteiger partial charge in [-0.05, 0) is 24.8 Å². The van der Waals surface area contributed by atoms with Gasteiger partial charge < -0.3 is 10.6 Å². The molecule has 2 heterocycles. The molecular formula is C7H12N2S. The molecule has 0 aromatic carbocycles. The van der Waals surface area contributed by atoms with E-state index in [-0.39, 0.29) is 0 Å². The summed E-state index contributed by atoms with van der Waals surface area (Å²) < 4.78 is 0. The molecule has 0 saturated carbocycles. The average Bonchev–Trinajstić information content (AvgIpc) is 2.59. The number of thioether (sulfide) groups is 1. The summed E-state index contributed by atoms with van der Waals surface area (Å²) in [6.45, 7) is 1.20. The van der Waals surface area contributed by atoms with Crippen molar-refractivity contribution in [2.75, 3.05) is 6.54 Å². The molecule has 0 spiro atoms. The van der Waals surface area contributed by atoms with Crippen molar-refractivity contribution < 1.29 is 0 Å². The van der Waals surface area contributed by atoms with E-state index in [1.807, 2.05) is 18.0 Å². The molecule has 0 aromatic heterocycles. The molecule has 10 heavy (non-hydrogen) atoms. The van der Waals surface area contributed by atoms with Gasteiger partial charge in [0.05, 0.1) is 5.37 Å². The minimum Gasteiger partial charge on any atom is -0.377 e. The van der Waals surface area contributed by atoms with Crippen LogP contribution in [0.2, 0.25) is 0 Å². The van der Waals surface area contributed by atoms with Crippen molar-refractivity contribution >= 4 is 11.8 Å². The third kappa shape index (κ3) is 1.16. The normalized spacial score (nSPS) is 38.4. The first kappa shape index (κ1) is 6.55. The summed E-state index contributed by atoms with van der Waals surface area (Å²) in [5.74, 6) is 0. The molecule has 2 N–H and O–H groups in total. The van der Waals surface area contributed by atoms with Crippen molar-refractivity contribution in [3.8, 4) is 0 Å². The second-order valence-corrected chi connectivity index (χ2v) is 3.78. The van der Waals surface area contributed by atoms with Gasteiger partial charge in [0.2, 0.25) is 0 Å². The molecule has 1 fully saturated rings. The minimum atomic E-state index is 0.600. The highest BCUT2D eigenvalue weighted by molar-refractivity contribution is 8.03. The second kappa shape index (κ2) is 2.84. The van der Waals surface area contributed by atoms with Crippen LogP contribution in [0.3, 0.4) is 0 Å². The van der Waals surface area contributed by atoms with Crippen molar-refractivity contribution in [1.82, 2.24) is 10.6 Å². The van der Waals surface area contributed by atoms with Crippen molar-refractivity contribution in [2.45, 2.75) is 24.3 Å². The molecule has 2 atom stereocenters. The van der Waals surface area contributed by atoms with Gasteiger partial charge in [0.25, 0.3) is 0 Å². The van der Waals surface area contributed by atoms with Crippen LogP contribution < -0.4 is 10.6 Å². The molecule has 0 radical (unpaired) electrons. The van der Waals surface area contributed by atoms with Gasteiger partial charge in [-0.3, -0.25) is 0 Å². The van der Waals surface area contributed by atoms with Crippen LogP contribution in [-0.4, -0.2) is 18.0 Å². The summed E-state index contributed by atoms with van der Waals surface area (Å²) in [6, 6.07) is 0.694. The Kier molecular flexibility index (Phi) is 1.86. The van der Waals surface area contributed by atoms with E-state index < -0.39 is 0 Å². The van der Waals surface area contributed by atoms with Crippen LogP contribution in [0.4, 0.5) is 0 Å². The van der Waals surface area contributed by atoms with Crippen LogP contribution >= 0.6 is 11.8 Å². The monoisotopic (exact) mass is 156 g/mol. The molecule has 2 aliphatic heterocycles. The third-order valence-electron chi connectivity index (χ3n) is 2.02. The predicted octanol–water partition coefficient (Wildman–Crippen LogP) is 0.872. The highest BCUT2D eigenvalue weighted by Gasteiger charge is 2.24. The highest BCUT2D eigenvalue weighted by Crippen LogP contribution is 2.23. The second-order valence-electron chi connectivity index (χ2n) is 2.73. The van der Waals surface area contributed by atoms with Gasteiger partial charge >= 0.3 is 0 Å². The van der Waals surface area contributed by atoms with Gasteiger partial charge in [-0.25, -0.2) is 0 Å². The molecule has 3 heteroatoms. The topological polar surface area (TPSA) is 24.1 Å². The van der Waals surface area contributed by atoms with E-state index in [2.05, 4.69) is 16.0 Å². The summed E-state index contributed by atoms with van der Waals surface area (Å²) in [5.41, 5.74) is 0. The van der Waals surface area contributed by atoms with Gasteiger partial charge in [0, 0.05) is 12.2 Å². The van der Waals surface area contributed by atoms with E-state index in [4.69, 9.17) is 0 Å². The first-order chi connectivity index (χ1) is 4.97. The van der Waals surface area contributed by atoms with Crippen LogP contribution in [0.5, 0.6) is 0 Å². The van der Waals surface area contributed by atoms with E-state index in [0.717, 1.165) is 0 Å². The SMILES string of the molecule is C1=CSC(C2CCCN2)N1. The van der Waals surface area contributed by atoms with E-state index >= 15 is 0 Å². The number of nitrogens with one attached hydrogen (secondary N) is 2. The van der Waals surface area contributed by atoms with Gasteiger partial charge in [-0.1, -0.05) is 0 Å².